The Morgan fingerprint density at radius 1 is 1.71 bits per heavy atom. The van der Waals surface area contributed by atoms with Crippen LogP contribution in [0.3, 0.4) is 0 Å². The van der Waals surface area contributed by atoms with Crippen molar-refractivity contribution >= 4 is 5.91 Å². The van der Waals surface area contributed by atoms with Crippen LogP contribution in [0.5, 0.6) is 0 Å². The van der Waals surface area contributed by atoms with Crippen LogP contribution in [0.25, 0.3) is 0 Å². The van der Waals surface area contributed by atoms with E-state index in [0.29, 0.717) is 12.5 Å². The molecule has 1 aliphatic rings. The Balaban J connectivity index is 2.11. The predicted octanol–water partition coefficient (Wildman–Crippen LogP) is 0.372. The SMILES string of the molecule is C#CCCCNC(=O)C(C)C1CNC1. The lowest BCUT2D eigenvalue weighted by atomic mass is 9.88. The second-order valence-electron chi connectivity index (χ2n) is 3.81. The van der Waals surface area contributed by atoms with Crippen molar-refractivity contribution in [2.24, 2.45) is 11.8 Å². The molecular formula is C11H18N2O. The molecule has 0 spiro atoms. The molecule has 0 bridgehead atoms. The van der Waals surface area contributed by atoms with E-state index in [1.165, 1.54) is 0 Å². The van der Waals surface area contributed by atoms with Gasteiger partial charge in [-0.1, -0.05) is 6.92 Å². The summed E-state index contributed by atoms with van der Waals surface area (Å²) >= 11 is 0. The molecule has 0 aliphatic carbocycles. The summed E-state index contributed by atoms with van der Waals surface area (Å²) in [5, 5.41) is 6.07. The van der Waals surface area contributed by atoms with Crippen LogP contribution in [0.2, 0.25) is 0 Å². The summed E-state index contributed by atoms with van der Waals surface area (Å²) in [6, 6.07) is 0. The summed E-state index contributed by atoms with van der Waals surface area (Å²) in [6.07, 6.45) is 6.72. The van der Waals surface area contributed by atoms with Crippen LogP contribution < -0.4 is 10.6 Å². The van der Waals surface area contributed by atoms with Gasteiger partial charge in [0.2, 0.25) is 5.91 Å². The quantitative estimate of drug-likeness (QED) is 0.490. The first-order valence-electron chi connectivity index (χ1n) is 5.17. The van der Waals surface area contributed by atoms with E-state index in [0.717, 1.165) is 25.9 Å². The summed E-state index contributed by atoms with van der Waals surface area (Å²) in [6.45, 7) is 4.63. The van der Waals surface area contributed by atoms with Crippen LogP contribution in [-0.4, -0.2) is 25.5 Å². The molecule has 78 valence electrons. The molecule has 3 heteroatoms. The highest BCUT2D eigenvalue weighted by Crippen LogP contribution is 2.15. The van der Waals surface area contributed by atoms with Crippen LogP contribution in [0, 0.1) is 24.2 Å². The zero-order valence-electron chi connectivity index (χ0n) is 8.68. The third-order valence-electron chi connectivity index (χ3n) is 2.73. The number of unbranched alkanes of at least 4 members (excludes halogenated alkanes) is 1. The Kier molecular flexibility index (Phi) is 4.48. The van der Waals surface area contributed by atoms with Crippen LogP contribution in [0.15, 0.2) is 0 Å². The fourth-order valence-electron chi connectivity index (χ4n) is 1.44. The first-order valence-corrected chi connectivity index (χ1v) is 5.17. The predicted molar refractivity (Wildman–Crippen MR) is 56.6 cm³/mol. The first-order chi connectivity index (χ1) is 6.75. The minimum atomic E-state index is 0.127. The van der Waals surface area contributed by atoms with Gasteiger partial charge in [-0.05, 0) is 25.4 Å². The molecule has 1 atom stereocenters. The molecule has 1 amide bonds. The second-order valence-corrected chi connectivity index (χ2v) is 3.81. The minimum Gasteiger partial charge on any atom is -0.356 e. The smallest absolute Gasteiger partial charge is 0.223 e. The van der Waals surface area contributed by atoms with Crippen molar-refractivity contribution < 1.29 is 4.79 Å². The number of hydrogen-bond donors (Lipinski definition) is 2. The van der Waals surface area contributed by atoms with Crippen molar-refractivity contribution in [2.75, 3.05) is 19.6 Å². The molecule has 0 aromatic heterocycles. The van der Waals surface area contributed by atoms with Gasteiger partial charge in [0.1, 0.15) is 0 Å². The lowest BCUT2D eigenvalue weighted by molar-refractivity contribution is -0.126. The third-order valence-corrected chi connectivity index (χ3v) is 2.73. The Bertz CT molecular complexity index is 228. The van der Waals surface area contributed by atoms with Crippen molar-refractivity contribution in [3.8, 4) is 12.3 Å². The molecule has 0 radical (unpaired) electrons. The maximum atomic E-state index is 11.5. The van der Waals surface area contributed by atoms with Gasteiger partial charge in [-0.15, -0.1) is 12.3 Å². The van der Waals surface area contributed by atoms with Gasteiger partial charge in [0, 0.05) is 18.9 Å². The van der Waals surface area contributed by atoms with Gasteiger partial charge in [-0.2, -0.15) is 0 Å². The van der Waals surface area contributed by atoms with Gasteiger partial charge in [-0.3, -0.25) is 4.79 Å². The fourth-order valence-corrected chi connectivity index (χ4v) is 1.44. The van der Waals surface area contributed by atoms with Gasteiger partial charge < -0.3 is 10.6 Å². The summed E-state index contributed by atoms with van der Waals surface area (Å²) in [4.78, 5) is 11.5. The van der Waals surface area contributed by atoms with E-state index in [4.69, 9.17) is 6.42 Å². The highest BCUT2D eigenvalue weighted by molar-refractivity contribution is 5.78. The largest absolute Gasteiger partial charge is 0.356 e. The molecule has 1 unspecified atom stereocenters. The number of terminal acetylenes is 1. The van der Waals surface area contributed by atoms with E-state index in [1.807, 2.05) is 6.92 Å². The van der Waals surface area contributed by atoms with Crippen molar-refractivity contribution in [1.82, 2.24) is 10.6 Å². The Morgan fingerprint density at radius 3 is 2.93 bits per heavy atom. The molecule has 1 heterocycles. The van der Waals surface area contributed by atoms with E-state index in [1.54, 1.807) is 0 Å². The highest BCUT2D eigenvalue weighted by atomic mass is 16.1. The number of nitrogens with one attached hydrogen (secondary N) is 2. The van der Waals surface area contributed by atoms with E-state index in [2.05, 4.69) is 16.6 Å². The molecule has 2 N–H and O–H groups in total. The van der Waals surface area contributed by atoms with Crippen LogP contribution in [-0.2, 0) is 4.79 Å². The van der Waals surface area contributed by atoms with Gasteiger partial charge in [0.05, 0.1) is 0 Å². The molecule has 3 nitrogen and oxygen atoms in total. The molecule has 0 saturated carbocycles. The summed E-state index contributed by atoms with van der Waals surface area (Å²) in [5.41, 5.74) is 0. The van der Waals surface area contributed by atoms with Gasteiger partial charge >= 0.3 is 0 Å². The molecule has 0 aromatic carbocycles. The van der Waals surface area contributed by atoms with E-state index < -0.39 is 0 Å². The van der Waals surface area contributed by atoms with Crippen molar-refractivity contribution in [3.05, 3.63) is 0 Å². The number of carbonyl (C=O) groups excluding carboxylic acids is 1. The highest BCUT2D eigenvalue weighted by Gasteiger charge is 2.28. The molecule has 0 aromatic rings. The summed E-state index contributed by atoms with van der Waals surface area (Å²) in [5.74, 6) is 3.36. The second kappa shape index (κ2) is 5.66. The average Bonchev–Trinajstić information content (AvgIpc) is 2.09. The zero-order chi connectivity index (χ0) is 10.4. The summed E-state index contributed by atoms with van der Waals surface area (Å²) < 4.78 is 0. The topological polar surface area (TPSA) is 41.1 Å². The number of carbonyl (C=O) groups is 1. The monoisotopic (exact) mass is 194 g/mol. The molecule has 1 fully saturated rings. The van der Waals surface area contributed by atoms with E-state index >= 15 is 0 Å². The first kappa shape index (κ1) is 11.1. The van der Waals surface area contributed by atoms with Gasteiger partial charge in [0.15, 0.2) is 0 Å². The lowest BCUT2D eigenvalue weighted by Gasteiger charge is -2.31. The molecule has 14 heavy (non-hydrogen) atoms. The normalized spacial score (nSPS) is 18.0. The number of amides is 1. The van der Waals surface area contributed by atoms with Crippen molar-refractivity contribution in [1.29, 1.82) is 0 Å². The van der Waals surface area contributed by atoms with E-state index in [-0.39, 0.29) is 11.8 Å². The maximum Gasteiger partial charge on any atom is 0.223 e. The van der Waals surface area contributed by atoms with Crippen LogP contribution in [0.4, 0.5) is 0 Å². The molecule has 1 saturated heterocycles. The maximum absolute atomic E-state index is 11.5. The Morgan fingerprint density at radius 2 is 2.43 bits per heavy atom. The van der Waals surface area contributed by atoms with Crippen molar-refractivity contribution in [2.45, 2.75) is 19.8 Å². The van der Waals surface area contributed by atoms with Crippen LogP contribution in [0.1, 0.15) is 19.8 Å². The Hall–Kier alpha value is -1.01. The molecule has 1 rings (SSSR count). The molecule has 1 aliphatic heterocycles. The van der Waals surface area contributed by atoms with Gasteiger partial charge in [0.25, 0.3) is 0 Å². The third kappa shape index (κ3) is 3.04. The van der Waals surface area contributed by atoms with Crippen molar-refractivity contribution in [3.63, 3.8) is 0 Å². The molecular weight excluding hydrogens is 176 g/mol. The fraction of sp³-hybridized carbons (Fsp3) is 0.727. The number of hydrogen-bond acceptors (Lipinski definition) is 2. The van der Waals surface area contributed by atoms with Crippen LogP contribution >= 0.6 is 0 Å². The van der Waals surface area contributed by atoms with Gasteiger partial charge in [-0.25, -0.2) is 0 Å². The number of rotatable bonds is 5. The average molecular weight is 194 g/mol. The standard InChI is InChI=1S/C11H18N2O/c1-3-4-5-6-13-11(14)9(2)10-7-12-8-10/h1,9-10,12H,4-8H2,2H3,(H,13,14). The van der Waals surface area contributed by atoms with E-state index in [9.17, 15) is 4.79 Å². The lowest BCUT2D eigenvalue weighted by Crippen LogP contribution is -2.49. The Labute approximate surface area is 85.6 Å². The zero-order valence-corrected chi connectivity index (χ0v) is 8.68. The summed E-state index contributed by atoms with van der Waals surface area (Å²) in [7, 11) is 0. The minimum absolute atomic E-state index is 0.127.